The Hall–Kier alpha value is -3.90. The number of aryl methyl sites for hydroxylation is 1. The van der Waals surface area contributed by atoms with Gasteiger partial charge in [0.2, 0.25) is 0 Å². The first kappa shape index (κ1) is 20.0. The minimum absolute atomic E-state index is 0.168. The molecule has 6 nitrogen and oxygen atoms in total. The maximum absolute atomic E-state index is 13.1. The molecule has 0 fully saturated rings. The van der Waals surface area contributed by atoms with E-state index in [1.165, 1.54) is 4.80 Å². The standard InChI is InChI=1S/C25H19ClN4O2/c1-15-12-22-23(29-30(28-22)17-10-11-24(32-2)20(26)13-17)14-21(15)27-25(31)19-9-5-7-16-6-3-4-8-18(16)19/h3-14H,1-2H3,(H,27,31). The first-order chi connectivity index (χ1) is 15.5. The number of carbonyl (C=O) groups excluding carboxylic acids is 1. The molecule has 1 N–H and O–H groups in total. The lowest BCUT2D eigenvalue weighted by molar-refractivity contribution is 0.102. The predicted octanol–water partition coefficient (Wildman–Crippen LogP) is 5.80. The molecular formula is C25H19ClN4O2. The number of carbonyl (C=O) groups is 1. The fourth-order valence-electron chi connectivity index (χ4n) is 3.71. The van der Waals surface area contributed by atoms with Gasteiger partial charge in [-0.1, -0.05) is 48.0 Å². The highest BCUT2D eigenvalue weighted by Gasteiger charge is 2.14. The Labute approximate surface area is 189 Å². The minimum atomic E-state index is -0.168. The Balaban J connectivity index is 1.49. The fraction of sp³-hybridized carbons (Fsp3) is 0.0800. The van der Waals surface area contributed by atoms with Crippen LogP contribution in [0.15, 0.2) is 72.8 Å². The van der Waals surface area contributed by atoms with E-state index in [9.17, 15) is 4.79 Å². The van der Waals surface area contributed by atoms with Gasteiger partial charge >= 0.3 is 0 Å². The van der Waals surface area contributed by atoms with Crippen LogP contribution in [0.2, 0.25) is 5.02 Å². The highest BCUT2D eigenvalue weighted by molar-refractivity contribution is 6.32. The highest BCUT2D eigenvalue weighted by atomic mass is 35.5. The number of hydrogen-bond donors (Lipinski definition) is 1. The third-order valence-corrected chi connectivity index (χ3v) is 5.67. The van der Waals surface area contributed by atoms with E-state index in [0.717, 1.165) is 21.9 Å². The quantitative estimate of drug-likeness (QED) is 0.382. The summed E-state index contributed by atoms with van der Waals surface area (Å²) in [5.74, 6) is 0.417. The number of fused-ring (bicyclic) bond motifs is 2. The lowest BCUT2D eigenvalue weighted by Gasteiger charge is -2.10. The monoisotopic (exact) mass is 442 g/mol. The van der Waals surface area contributed by atoms with Gasteiger partial charge in [-0.15, -0.1) is 10.2 Å². The minimum Gasteiger partial charge on any atom is -0.495 e. The van der Waals surface area contributed by atoms with Crippen LogP contribution in [0, 0.1) is 6.92 Å². The summed E-state index contributed by atoms with van der Waals surface area (Å²) in [6.07, 6.45) is 0. The van der Waals surface area contributed by atoms with Gasteiger partial charge in [-0.25, -0.2) is 0 Å². The first-order valence-electron chi connectivity index (χ1n) is 10.0. The summed E-state index contributed by atoms with van der Waals surface area (Å²) < 4.78 is 5.20. The second-order valence-electron chi connectivity index (χ2n) is 7.44. The fourth-order valence-corrected chi connectivity index (χ4v) is 3.96. The van der Waals surface area contributed by atoms with Crippen molar-refractivity contribution in [3.05, 3.63) is 88.9 Å². The van der Waals surface area contributed by atoms with Crippen molar-refractivity contribution < 1.29 is 9.53 Å². The molecule has 0 bridgehead atoms. The van der Waals surface area contributed by atoms with Crippen molar-refractivity contribution in [3.8, 4) is 11.4 Å². The number of ether oxygens (including phenoxy) is 1. The van der Waals surface area contributed by atoms with Crippen LogP contribution in [0.1, 0.15) is 15.9 Å². The van der Waals surface area contributed by atoms with E-state index in [4.69, 9.17) is 16.3 Å². The van der Waals surface area contributed by atoms with Gasteiger partial charge in [0.1, 0.15) is 16.8 Å². The molecule has 32 heavy (non-hydrogen) atoms. The normalized spacial score (nSPS) is 11.1. The van der Waals surface area contributed by atoms with Gasteiger partial charge in [-0.2, -0.15) is 4.80 Å². The number of amides is 1. The number of benzene rings is 4. The first-order valence-corrected chi connectivity index (χ1v) is 10.4. The predicted molar refractivity (Wildman–Crippen MR) is 127 cm³/mol. The lowest BCUT2D eigenvalue weighted by Crippen LogP contribution is -2.13. The van der Waals surface area contributed by atoms with E-state index in [1.807, 2.05) is 67.6 Å². The van der Waals surface area contributed by atoms with Crippen LogP contribution in [-0.4, -0.2) is 28.0 Å². The third-order valence-electron chi connectivity index (χ3n) is 5.38. The van der Waals surface area contributed by atoms with E-state index < -0.39 is 0 Å². The zero-order valence-corrected chi connectivity index (χ0v) is 18.2. The zero-order valence-electron chi connectivity index (χ0n) is 17.5. The van der Waals surface area contributed by atoms with E-state index in [2.05, 4.69) is 15.5 Å². The van der Waals surface area contributed by atoms with Gasteiger partial charge in [0.05, 0.1) is 17.8 Å². The molecule has 0 aliphatic heterocycles. The molecule has 158 valence electrons. The van der Waals surface area contributed by atoms with E-state index >= 15 is 0 Å². The van der Waals surface area contributed by atoms with Gasteiger partial charge in [0, 0.05) is 11.3 Å². The van der Waals surface area contributed by atoms with Crippen LogP contribution in [0.3, 0.4) is 0 Å². The van der Waals surface area contributed by atoms with Gasteiger partial charge < -0.3 is 10.1 Å². The average Bonchev–Trinajstić information content (AvgIpc) is 3.21. The number of rotatable bonds is 4. The molecule has 0 atom stereocenters. The lowest BCUT2D eigenvalue weighted by atomic mass is 10.0. The summed E-state index contributed by atoms with van der Waals surface area (Å²) in [6, 6.07) is 22.6. The van der Waals surface area contributed by atoms with E-state index in [0.29, 0.717) is 33.2 Å². The Morgan fingerprint density at radius 3 is 2.50 bits per heavy atom. The number of aromatic nitrogens is 3. The van der Waals surface area contributed by atoms with Crippen LogP contribution in [0.5, 0.6) is 5.75 Å². The van der Waals surface area contributed by atoms with Crippen LogP contribution in [0.25, 0.3) is 27.5 Å². The van der Waals surface area contributed by atoms with Crippen molar-refractivity contribution in [1.29, 1.82) is 0 Å². The molecule has 5 rings (SSSR count). The Bertz CT molecular complexity index is 1490. The summed E-state index contributed by atoms with van der Waals surface area (Å²) in [5, 5.41) is 14.6. The van der Waals surface area contributed by atoms with Crippen LogP contribution in [-0.2, 0) is 0 Å². The van der Waals surface area contributed by atoms with Crippen molar-refractivity contribution in [1.82, 2.24) is 15.0 Å². The number of nitrogens with one attached hydrogen (secondary N) is 1. The molecule has 0 radical (unpaired) electrons. The van der Waals surface area contributed by atoms with Gasteiger partial charge in [0.25, 0.3) is 5.91 Å². The van der Waals surface area contributed by atoms with Crippen molar-refractivity contribution in [3.63, 3.8) is 0 Å². The zero-order chi connectivity index (χ0) is 22.2. The number of hydrogen-bond acceptors (Lipinski definition) is 4. The largest absolute Gasteiger partial charge is 0.495 e. The topological polar surface area (TPSA) is 69.0 Å². The summed E-state index contributed by atoms with van der Waals surface area (Å²) >= 11 is 6.24. The number of methoxy groups -OCH3 is 1. The Morgan fingerprint density at radius 2 is 1.72 bits per heavy atom. The summed E-state index contributed by atoms with van der Waals surface area (Å²) in [7, 11) is 1.57. The summed E-state index contributed by atoms with van der Waals surface area (Å²) in [5.41, 5.74) is 4.31. The van der Waals surface area contributed by atoms with Gasteiger partial charge in [-0.3, -0.25) is 4.79 Å². The molecular weight excluding hydrogens is 424 g/mol. The van der Waals surface area contributed by atoms with Crippen molar-refractivity contribution in [2.45, 2.75) is 6.92 Å². The summed E-state index contributed by atoms with van der Waals surface area (Å²) in [4.78, 5) is 14.6. The second kappa shape index (κ2) is 7.98. The smallest absolute Gasteiger partial charge is 0.256 e. The Morgan fingerprint density at radius 1 is 0.969 bits per heavy atom. The Kier molecular flexibility index (Phi) is 4.99. The molecule has 0 saturated carbocycles. The van der Waals surface area contributed by atoms with Gasteiger partial charge in [0.15, 0.2) is 0 Å². The highest BCUT2D eigenvalue weighted by Crippen LogP contribution is 2.28. The molecule has 0 aliphatic rings. The van der Waals surface area contributed by atoms with E-state index in [-0.39, 0.29) is 5.91 Å². The molecule has 1 amide bonds. The molecule has 1 aromatic heterocycles. The molecule has 0 unspecified atom stereocenters. The molecule has 4 aromatic carbocycles. The molecule has 5 aromatic rings. The number of anilines is 1. The summed E-state index contributed by atoms with van der Waals surface area (Å²) in [6.45, 7) is 1.93. The van der Waals surface area contributed by atoms with Crippen molar-refractivity contribution in [2.75, 3.05) is 12.4 Å². The molecule has 0 spiro atoms. The maximum Gasteiger partial charge on any atom is 0.256 e. The van der Waals surface area contributed by atoms with Crippen molar-refractivity contribution >= 4 is 45.0 Å². The second-order valence-corrected chi connectivity index (χ2v) is 7.85. The van der Waals surface area contributed by atoms with Crippen LogP contribution >= 0.6 is 11.6 Å². The van der Waals surface area contributed by atoms with Crippen LogP contribution in [0.4, 0.5) is 5.69 Å². The SMILES string of the molecule is COc1ccc(-n2nc3cc(C)c(NC(=O)c4cccc5ccccc45)cc3n2)cc1Cl. The maximum atomic E-state index is 13.1. The van der Waals surface area contributed by atoms with Crippen molar-refractivity contribution in [2.24, 2.45) is 0 Å². The molecule has 1 heterocycles. The van der Waals surface area contributed by atoms with Gasteiger partial charge in [-0.05, 0) is 59.7 Å². The average molecular weight is 443 g/mol. The molecule has 0 aliphatic carbocycles. The van der Waals surface area contributed by atoms with Crippen LogP contribution < -0.4 is 10.1 Å². The molecule has 0 saturated heterocycles. The number of nitrogens with zero attached hydrogens (tertiary/aromatic N) is 3. The molecule has 7 heteroatoms. The number of halogens is 1. The third kappa shape index (κ3) is 3.55. The van der Waals surface area contributed by atoms with E-state index in [1.54, 1.807) is 19.2 Å².